The maximum absolute atomic E-state index is 10.3. The first-order valence-corrected chi connectivity index (χ1v) is 4.41. The van der Waals surface area contributed by atoms with Crippen LogP contribution in [0.3, 0.4) is 0 Å². The van der Waals surface area contributed by atoms with Gasteiger partial charge in [0.15, 0.2) is 5.88 Å². The zero-order chi connectivity index (χ0) is 10.8. The second kappa shape index (κ2) is 3.69. The molecule has 1 aliphatic heterocycles. The molecule has 14 heavy (non-hydrogen) atoms. The SMILES string of the molecule is CCC1(C)OC(N)=CC1=NCC(=O)O. The van der Waals surface area contributed by atoms with Crippen molar-refractivity contribution in [1.29, 1.82) is 0 Å². The molecule has 1 aliphatic rings. The highest BCUT2D eigenvalue weighted by molar-refractivity contribution is 6.04. The summed E-state index contributed by atoms with van der Waals surface area (Å²) in [5.74, 6) is -0.673. The van der Waals surface area contributed by atoms with Gasteiger partial charge in [0.25, 0.3) is 0 Å². The van der Waals surface area contributed by atoms with Gasteiger partial charge < -0.3 is 15.6 Å². The van der Waals surface area contributed by atoms with Gasteiger partial charge in [0, 0.05) is 6.08 Å². The molecule has 0 radical (unpaired) electrons. The van der Waals surface area contributed by atoms with Crippen molar-refractivity contribution in [3.05, 3.63) is 12.0 Å². The Bertz CT molecular complexity index is 309. The number of carbonyl (C=O) groups is 1. The largest absolute Gasteiger partial charge is 0.480 e. The van der Waals surface area contributed by atoms with Crippen LogP contribution in [0.5, 0.6) is 0 Å². The van der Waals surface area contributed by atoms with E-state index < -0.39 is 11.6 Å². The number of carboxylic acid groups (broad SMARTS) is 1. The van der Waals surface area contributed by atoms with Crippen LogP contribution in [-0.4, -0.2) is 28.9 Å². The minimum Gasteiger partial charge on any atom is -0.480 e. The average Bonchev–Trinajstić information content (AvgIpc) is 2.39. The van der Waals surface area contributed by atoms with Crippen molar-refractivity contribution in [2.24, 2.45) is 10.7 Å². The molecule has 0 aromatic heterocycles. The lowest BCUT2D eigenvalue weighted by Crippen LogP contribution is -2.32. The molecule has 0 fully saturated rings. The standard InChI is InChI=1S/C9H14N2O3/c1-3-9(2)6(4-7(10)14-9)11-5-8(12)13/h4H,3,5,10H2,1-2H3,(H,12,13). The van der Waals surface area contributed by atoms with Crippen LogP contribution >= 0.6 is 0 Å². The molecule has 1 rings (SSSR count). The molecular formula is C9H14N2O3. The molecule has 3 N–H and O–H groups in total. The number of aliphatic carboxylic acids is 1. The normalized spacial score (nSPS) is 28.7. The fourth-order valence-corrected chi connectivity index (χ4v) is 1.25. The molecule has 78 valence electrons. The number of nitrogens with two attached hydrogens (primary N) is 1. The van der Waals surface area contributed by atoms with Crippen molar-refractivity contribution >= 4 is 11.7 Å². The third-order valence-corrected chi connectivity index (χ3v) is 2.22. The van der Waals surface area contributed by atoms with Gasteiger partial charge in [-0.15, -0.1) is 0 Å². The van der Waals surface area contributed by atoms with Crippen LogP contribution in [0.4, 0.5) is 0 Å². The minimum absolute atomic E-state index is 0.252. The van der Waals surface area contributed by atoms with Gasteiger partial charge >= 0.3 is 5.97 Å². The van der Waals surface area contributed by atoms with E-state index in [1.807, 2.05) is 13.8 Å². The molecule has 1 heterocycles. The highest BCUT2D eigenvalue weighted by Gasteiger charge is 2.35. The van der Waals surface area contributed by atoms with Gasteiger partial charge in [-0.25, -0.2) is 0 Å². The van der Waals surface area contributed by atoms with E-state index in [0.29, 0.717) is 18.0 Å². The molecule has 0 aliphatic carbocycles. The highest BCUT2D eigenvalue weighted by Crippen LogP contribution is 2.26. The number of hydrogen-bond donors (Lipinski definition) is 2. The van der Waals surface area contributed by atoms with Crippen molar-refractivity contribution < 1.29 is 14.6 Å². The first kappa shape index (κ1) is 10.6. The van der Waals surface area contributed by atoms with Gasteiger partial charge in [0.2, 0.25) is 0 Å². The number of nitrogens with zero attached hydrogens (tertiary/aromatic N) is 1. The molecular weight excluding hydrogens is 184 g/mol. The Morgan fingerprint density at radius 2 is 2.43 bits per heavy atom. The lowest BCUT2D eigenvalue weighted by Gasteiger charge is -2.23. The predicted octanol–water partition coefficient (Wildman–Crippen LogP) is 0.511. The molecule has 5 nitrogen and oxygen atoms in total. The summed E-state index contributed by atoms with van der Waals surface area (Å²) >= 11 is 0. The van der Waals surface area contributed by atoms with Gasteiger partial charge in [0.05, 0.1) is 5.71 Å². The van der Waals surface area contributed by atoms with Crippen LogP contribution < -0.4 is 5.73 Å². The minimum atomic E-state index is -0.963. The maximum Gasteiger partial charge on any atom is 0.325 e. The predicted molar refractivity (Wildman–Crippen MR) is 52.0 cm³/mol. The van der Waals surface area contributed by atoms with E-state index in [2.05, 4.69) is 4.99 Å². The Kier molecular flexibility index (Phi) is 2.78. The van der Waals surface area contributed by atoms with E-state index in [4.69, 9.17) is 15.6 Å². The summed E-state index contributed by atoms with van der Waals surface area (Å²) in [5.41, 5.74) is 5.52. The lowest BCUT2D eigenvalue weighted by atomic mass is 9.98. The fourth-order valence-electron chi connectivity index (χ4n) is 1.25. The van der Waals surface area contributed by atoms with Crippen LogP contribution in [0.15, 0.2) is 17.0 Å². The second-order valence-electron chi connectivity index (χ2n) is 3.33. The third-order valence-electron chi connectivity index (χ3n) is 2.22. The van der Waals surface area contributed by atoms with Crippen molar-refractivity contribution in [3.63, 3.8) is 0 Å². The Balaban J connectivity index is 2.84. The Morgan fingerprint density at radius 3 is 2.93 bits per heavy atom. The summed E-state index contributed by atoms with van der Waals surface area (Å²) in [4.78, 5) is 14.3. The topological polar surface area (TPSA) is 84.9 Å². The van der Waals surface area contributed by atoms with Crippen molar-refractivity contribution in [3.8, 4) is 0 Å². The Morgan fingerprint density at radius 1 is 1.79 bits per heavy atom. The zero-order valence-electron chi connectivity index (χ0n) is 8.28. The summed E-state index contributed by atoms with van der Waals surface area (Å²) in [5, 5.41) is 8.48. The molecule has 0 amide bonds. The van der Waals surface area contributed by atoms with Crippen molar-refractivity contribution in [2.45, 2.75) is 25.9 Å². The maximum atomic E-state index is 10.3. The first-order valence-electron chi connectivity index (χ1n) is 4.41. The summed E-state index contributed by atoms with van der Waals surface area (Å²) < 4.78 is 5.36. The molecule has 1 atom stereocenters. The average molecular weight is 198 g/mol. The van der Waals surface area contributed by atoms with E-state index in [9.17, 15) is 4.79 Å². The molecule has 1 unspecified atom stereocenters. The Hall–Kier alpha value is -1.52. The van der Waals surface area contributed by atoms with Gasteiger partial charge in [-0.05, 0) is 13.3 Å². The summed E-state index contributed by atoms with van der Waals surface area (Å²) in [6, 6.07) is 0. The molecule has 0 saturated carbocycles. The van der Waals surface area contributed by atoms with Crippen LogP contribution in [0.25, 0.3) is 0 Å². The summed E-state index contributed by atoms with van der Waals surface area (Å²) in [6.45, 7) is 3.52. The van der Waals surface area contributed by atoms with Crippen LogP contribution in [-0.2, 0) is 9.53 Å². The van der Waals surface area contributed by atoms with Crippen LogP contribution in [0, 0.1) is 0 Å². The van der Waals surface area contributed by atoms with Crippen molar-refractivity contribution in [2.75, 3.05) is 6.54 Å². The van der Waals surface area contributed by atoms with Gasteiger partial charge in [0.1, 0.15) is 12.1 Å². The number of carboxylic acids is 1. The lowest BCUT2D eigenvalue weighted by molar-refractivity contribution is -0.135. The Labute approximate surface area is 82.3 Å². The monoisotopic (exact) mass is 198 g/mol. The third kappa shape index (κ3) is 2.04. The summed E-state index contributed by atoms with van der Waals surface area (Å²) in [6.07, 6.45) is 2.27. The number of hydrogen-bond acceptors (Lipinski definition) is 4. The van der Waals surface area contributed by atoms with Gasteiger partial charge in [-0.2, -0.15) is 0 Å². The van der Waals surface area contributed by atoms with Crippen molar-refractivity contribution in [1.82, 2.24) is 0 Å². The molecule has 0 aromatic rings. The van der Waals surface area contributed by atoms with Crippen LogP contribution in [0.1, 0.15) is 20.3 Å². The summed E-state index contributed by atoms with van der Waals surface area (Å²) in [7, 11) is 0. The van der Waals surface area contributed by atoms with E-state index in [1.54, 1.807) is 6.08 Å². The van der Waals surface area contributed by atoms with E-state index in [-0.39, 0.29) is 6.54 Å². The fraction of sp³-hybridized carbons (Fsp3) is 0.556. The van der Waals surface area contributed by atoms with E-state index >= 15 is 0 Å². The number of aliphatic imine (C=N–C) groups is 1. The van der Waals surface area contributed by atoms with E-state index in [0.717, 1.165) is 0 Å². The first-order chi connectivity index (χ1) is 6.48. The second-order valence-corrected chi connectivity index (χ2v) is 3.33. The molecule has 0 saturated heterocycles. The quantitative estimate of drug-likeness (QED) is 0.692. The van der Waals surface area contributed by atoms with E-state index in [1.165, 1.54) is 0 Å². The number of rotatable bonds is 3. The number of ether oxygens (including phenoxy) is 1. The zero-order valence-corrected chi connectivity index (χ0v) is 8.28. The van der Waals surface area contributed by atoms with Gasteiger partial charge in [-0.1, -0.05) is 6.92 Å². The molecule has 0 spiro atoms. The molecule has 0 aromatic carbocycles. The smallest absolute Gasteiger partial charge is 0.325 e. The van der Waals surface area contributed by atoms with Gasteiger partial charge in [-0.3, -0.25) is 9.79 Å². The molecule has 0 bridgehead atoms. The highest BCUT2D eigenvalue weighted by atomic mass is 16.5. The molecule has 5 heteroatoms. The van der Waals surface area contributed by atoms with Crippen LogP contribution in [0.2, 0.25) is 0 Å².